The van der Waals surface area contributed by atoms with E-state index in [2.05, 4.69) is 4.90 Å². The predicted molar refractivity (Wildman–Crippen MR) is 54.1 cm³/mol. The average molecular weight is 203 g/mol. The van der Waals surface area contributed by atoms with E-state index in [9.17, 15) is 5.11 Å². The molecule has 0 aromatic rings. The lowest BCUT2D eigenvalue weighted by molar-refractivity contribution is -0.125. The molecule has 0 saturated carbocycles. The molecule has 1 aliphatic heterocycles. The largest absolute Gasteiger partial charge is 0.395 e. The van der Waals surface area contributed by atoms with E-state index in [1.807, 2.05) is 0 Å². The Morgan fingerprint density at radius 3 is 2.64 bits per heavy atom. The Morgan fingerprint density at radius 2 is 2.07 bits per heavy atom. The van der Waals surface area contributed by atoms with Gasteiger partial charge in [0.2, 0.25) is 0 Å². The van der Waals surface area contributed by atoms with Gasteiger partial charge in [0.1, 0.15) is 0 Å². The second kappa shape index (κ2) is 6.35. The SMILES string of the molecule is COC(CN1CCCCC1CO)OC. The van der Waals surface area contributed by atoms with Crippen LogP contribution in [0.5, 0.6) is 0 Å². The van der Waals surface area contributed by atoms with Crippen LogP contribution >= 0.6 is 0 Å². The smallest absolute Gasteiger partial charge is 0.169 e. The zero-order chi connectivity index (χ0) is 10.4. The maximum absolute atomic E-state index is 9.20. The number of methoxy groups -OCH3 is 2. The van der Waals surface area contributed by atoms with E-state index in [1.54, 1.807) is 14.2 Å². The Hall–Kier alpha value is -0.160. The number of ether oxygens (including phenoxy) is 2. The molecule has 1 N–H and O–H groups in total. The van der Waals surface area contributed by atoms with Gasteiger partial charge in [0.25, 0.3) is 0 Å². The first kappa shape index (κ1) is 11.9. The van der Waals surface area contributed by atoms with Crippen molar-refractivity contribution in [2.75, 3.05) is 33.9 Å². The van der Waals surface area contributed by atoms with Gasteiger partial charge in [-0.25, -0.2) is 0 Å². The third-order valence-corrected chi connectivity index (χ3v) is 2.87. The van der Waals surface area contributed by atoms with Crippen LogP contribution in [-0.4, -0.2) is 56.3 Å². The summed E-state index contributed by atoms with van der Waals surface area (Å²) in [6, 6.07) is 0.288. The van der Waals surface area contributed by atoms with Crippen LogP contribution in [0.4, 0.5) is 0 Å². The second-order valence-corrected chi connectivity index (χ2v) is 3.73. The standard InChI is InChI=1S/C10H21NO3/c1-13-10(14-2)7-11-6-4-3-5-9(11)8-12/h9-10,12H,3-8H2,1-2H3. The molecule has 1 fully saturated rings. The third-order valence-electron chi connectivity index (χ3n) is 2.87. The van der Waals surface area contributed by atoms with Crippen molar-refractivity contribution in [1.82, 2.24) is 4.90 Å². The number of hydrogen-bond acceptors (Lipinski definition) is 4. The van der Waals surface area contributed by atoms with Crippen molar-refractivity contribution >= 4 is 0 Å². The van der Waals surface area contributed by atoms with Gasteiger partial charge in [0.05, 0.1) is 6.61 Å². The first-order valence-corrected chi connectivity index (χ1v) is 5.22. The highest BCUT2D eigenvalue weighted by Crippen LogP contribution is 2.17. The lowest BCUT2D eigenvalue weighted by Gasteiger charge is -2.36. The van der Waals surface area contributed by atoms with Crippen molar-refractivity contribution in [3.8, 4) is 0 Å². The van der Waals surface area contributed by atoms with Crippen LogP contribution in [0.2, 0.25) is 0 Å². The quantitative estimate of drug-likeness (QED) is 0.659. The highest BCUT2D eigenvalue weighted by atomic mass is 16.7. The summed E-state index contributed by atoms with van der Waals surface area (Å²) in [5.41, 5.74) is 0. The Bertz CT molecular complexity index is 150. The van der Waals surface area contributed by atoms with Gasteiger partial charge in [0.15, 0.2) is 6.29 Å². The van der Waals surface area contributed by atoms with Crippen LogP contribution in [0.1, 0.15) is 19.3 Å². The molecule has 0 aromatic heterocycles. The summed E-state index contributed by atoms with van der Waals surface area (Å²) < 4.78 is 10.3. The molecule has 1 heterocycles. The number of rotatable bonds is 5. The molecule has 0 aliphatic carbocycles. The molecule has 1 unspecified atom stereocenters. The highest BCUT2D eigenvalue weighted by Gasteiger charge is 2.23. The lowest BCUT2D eigenvalue weighted by atomic mass is 10.0. The van der Waals surface area contributed by atoms with Crippen LogP contribution in [0.25, 0.3) is 0 Å². The summed E-state index contributed by atoms with van der Waals surface area (Å²) in [4.78, 5) is 2.25. The Morgan fingerprint density at radius 1 is 1.36 bits per heavy atom. The molecular formula is C10H21NO3. The van der Waals surface area contributed by atoms with Gasteiger partial charge in [-0.2, -0.15) is 0 Å². The maximum atomic E-state index is 9.20. The summed E-state index contributed by atoms with van der Waals surface area (Å²) in [6.07, 6.45) is 3.32. The summed E-state index contributed by atoms with van der Waals surface area (Å²) in [6.45, 7) is 2.02. The number of aliphatic hydroxyl groups excluding tert-OH is 1. The molecule has 0 amide bonds. The number of piperidine rings is 1. The van der Waals surface area contributed by atoms with Gasteiger partial charge in [-0.3, -0.25) is 4.90 Å². The van der Waals surface area contributed by atoms with E-state index < -0.39 is 0 Å². The summed E-state index contributed by atoms with van der Waals surface area (Å²) in [7, 11) is 3.29. The summed E-state index contributed by atoms with van der Waals surface area (Å²) >= 11 is 0. The summed E-state index contributed by atoms with van der Waals surface area (Å²) in [5.74, 6) is 0. The molecule has 0 spiro atoms. The minimum Gasteiger partial charge on any atom is -0.395 e. The normalized spacial score (nSPS) is 24.4. The molecule has 4 heteroatoms. The van der Waals surface area contributed by atoms with E-state index >= 15 is 0 Å². The fourth-order valence-corrected chi connectivity index (χ4v) is 1.94. The molecule has 84 valence electrons. The van der Waals surface area contributed by atoms with Crippen LogP contribution < -0.4 is 0 Å². The van der Waals surface area contributed by atoms with E-state index in [0.29, 0.717) is 0 Å². The Kier molecular flexibility index (Phi) is 5.40. The van der Waals surface area contributed by atoms with Crippen molar-refractivity contribution in [3.63, 3.8) is 0 Å². The average Bonchev–Trinajstić information content (AvgIpc) is 2.26. The predicted octanol–water partition coefficient (Wildman–Crippen LogP) is 0.452. The van der Waals surface area contributed by atoms with E-state index in [-0.39, 0.29) is 18.9 Å². The van der Waals surface area contributed by atoms with Gasteiger partial charge in [0, 0.05) is 26.8 Å². The molecule has 14 heavy (non-hydrogen) atoms. The van der Waals surface area contributed by atoms with Crippen LogP contribution in [0.3, 0.4) is 0 Å². The van der Waals surface area contributed by atoms with Gasteiger partial charge in [-0.1, -0.05) is 6.42 Å². The van der Waals surface area contributed by atoms with Gasteiger partial charge >= 0.3 is 0 Å². The van der Waals surface area contributed by atoms with Crippen LogP contribution in [-0.2, 0) is 9.47 Å². The molecule has 1 aliphatic rings. The van der Waals surface area contributed by atoms with Crippen molar-refractivity contribution in [3.05, 3.63) is 0 Å². The van der Waals surface area contributed by atoms with Crippen molar-refractivity contribution < 1.29 is 14.6 Å². The zero-order valence-electron chi connectivity index (χ0n) is 9.11. The molecule has 1 saturated heterocycles. The van der Waals surface area contributed by atoms with Crippen molar-refractivity contribution in [2.24, 2.45) is 0 Å². The van der Waals surface area contributed by atoms with E-state index in [4.69, 9.17) is 9.47 Å². The van der Waals surface area contributed by atoms with E-state index in [0.717, 1.165) is 19.5 Å². The molecular weight excluding hydrogens is 182 g/mol. The molecule has 0 bridgehead atoms. The molecule has 4 nitrogen and oxygen atoms in total. The fourth-order valence-electron chi connectivity index (χ4n) is 1.94. The Balaban J connectivity index is 2.39. The van der Waals surface area contributed by atoms with Gasteiger partial charge in [-0.15, -0.1) is 0 Å². The first-order chi connectivity index (χ1) is 6.81. The van der Waals surface area contributed by atoms with Crippen molar-refractivity contribution in [1.29, 1.82) is 0 Å². The van der Waals surface area contributed by atoms with Gasteiger partial charge in [-0.05, 0) is 19.4 Å². The minimum absolute atomic E-state index is 0.179. The molecule has 0 radical (unpaired) electrons. The van der Waals surface area contributed by atoms with Crippen LogP contribution in [0, 0.1) is 0 Å². The maximum Gasteiger partial charge on any atom is 0.169 e. The number of hydrogen-bond donors (Lipinski definition) is 1. The fraction of sp³-hybridized carbons (Fsp3) is 1.00. The number of likely N-dealkylation sites (tertiary alicyclic amines) is 1. The highest BCUT2D eigenvalue weighted by molar-refractivity contribution is 4.76. The van der Waals surface area contributed by atoms with Crippen LogP contribution in [0.15, 0.2) is 0 Å². The molecule has 0 aromatic carbocycles. The monoisotopic (exact) mass is 203 g/mol. The number of nitrogens with zero attached hydrogens (tertiary/aromatic N) is 1. The molecule has 1 atom stereocenters. The molecule has 1 rings (SSSR count). The van der Waals surface area contributed by atoms with E-state index in [1.165, 1.54) is 12.8 Å². The number of aliphatic hydroxyl groups is 1. The lowest BCUT2D eigenvalue weighted by Crippen LogP contribution is -2.46. The van der Waals surface area contributed by atoms with Crippen molar-refractivity contribution in [2.45, 2.75) is 31.6 Å². The topological polar surface area (TPSA) is 41.9 Å². The zero-order valence-corrected chi connectivity index (χ0v) is 9.11. The third kappa shape index (κ3) is 3.20. The van der Waals surface area contributed by atoms with Gasteiger partial charge < -0.3 is 14.6 Å². The summed E-state index contributed by atoms with van der Waals surface area (Å²) in [5, 5.41) is 9.20. The Labute approximate surface area is 85.8 Å². The minimum atomic E-state index is -0.179. The second-order valence-electron chi connectivity index (χ2n) is 3.73. The first-order valence-electron chi connectivity index (χ1n) is 5.22.